The van der Waals surface area contributed by atoms with Gasteiger partial charge < -0.3 is 24.1 Å². The number of amides is 1. The molecule has 0 heterocycles. The first-order chi connectivity index (χ1) is 16.8. The van der Waals surface area contributed by atoms with Gasteiger partial charge in [0, 0.05) is 18.2 Å². The molecule has 2 aromatic carbocycles. The van der Waals surface area contributed by atoms with Crippen molar-refractivity contribution in [2.75, 3.05) is 19.5 Å². The van der Waals surface area contributed by atoms with Gasteiger partial charge >= 0.3 is 12.1 Å². The van der Waals surface area contributed by atoms with Crippen molar-refractivity contribution >= 4 is 24.1 Å². The van der Waals surface area contributed by atoms with E-state index in [4.69, 9.17) is 13.7 Å². The molecule has 0 aromatic heterocycles. The minimum absolute atomic E-state index is 0.0315. The maximum Gasteiger partial charge on any atom is 0.419 e. The molecule has 7 nitrogen and oxygen atoms in total. The average Bonchev–Trinajstić information content (AvgIpc) is 2.80. The molecule has 0 spiro atoms. The largest absolute Gasteiger partial charge is 0.504 e. The molecule has 2 rings (SSSR count). The fourth-order valence-electron chi connectivity index (χ4n) is 3.27. The molecule has 198 valence electrons. The van der Waals surface area contributed by atoms with E-state index in [0.29, 0.717) is 17.9 Å². The molecule has 0 fully saturated rings. The lowest BCUT2D eigenvalue weighted by atomic mass is 9.86. The van der Waals surface area contributed by atoms with Crippen molar-refractivity contribution in [2.24, 2.45) is 11.3 Å². The Labute approximate surface area is 219 Å². The van der Waals surface area contributed by atoms with Crippen LogP contribution in [0, 0.1) is 11.3 Å². The van der Waals surface area contributed by atoms with E-state index in [1.165, 1.54) is 18.7 Å². The molecule has 0 bridgehead atoms. The summed E-state index contributed by atoms with van der Waals surface area (Å²) in [4.78, 5) is 24.5. The number of phenolic OH excluding ortho intramolecular Hbond substituents is 1. The van der Waals surface area contributed by atoms with E-state index in [9.17, 15) is 14.7 Å². The van der Waals surface area contributed by atoms with Crippen LogP contribution >= 0.6 is 12.0 Å². The summed E-state index contributed by atoms with van der Waals surface area (Å²) >= 11 is 1.03. The number of nitrogens with one attached hydrogen (secondary N) is 1. The fourth-order valence-corrected chi connectivity index (χ4v) is 3.91. The Morgan fingerprint density at radius 1 is 1.00 bits per heavy atom. The van der Waals surface area contributed by atoms with Gasteiger partial charge in [-0.2, -0.15) is 0 Å². The quantitative estimate of drug-likeness (QED) is 0.294. The first-order valence-corrected chi connectivity index (χ1v) is 12.9. The summed E-state index contributed by atoms with van der Waals surface area (Å²) in [5.74, 6) is 0.546. The Kier molecular flexibility index (Phi) is 10.5. The predicted molar refractivity (Wildman–Crippen MR) is 143 cm³/mol. The van der Waals surface area contributed by atoms with Crippen LogP contribution in [0.2, 0.25) is 0 Å². The zero-order valence-corrected chi connectivity index (χ0v) is 23.2. The molecule has 0 aliphatic carbocycles. The van der Waals surface area contributed by atoms with E-state index in [2.05, 4.69) is 50.4 Å². The van der Waals surface area contributed by atoms with Crippen molar-refractivity contribution in [3.05, 3.63) is 59.2 Å². The molecule has 0 saturated heterocycles. The summed E-state index contributed by atoms with van der Waals surface area (Å²) in [6.45, 7) is 12.4. The van der Waals surface area contributed by atoms with Crippen LogP contribution in [0.3, 0.4) is 0 Å². The van der Waals surface area contributed by atoms with E-state index >= 15 is 0 Å². The van der Waals surface area contributed by atoms with Crippen molar-refractivity contribution in [3.63, 3.8) is 0 Å². The Bertz CT molecular complexity index is 1010. The van der Waals surface area contributed by atoms with E-state index in [1.54, 1.807) is 12.1 Å². The lowest BCUT2D eigenvalue weighted by Crippen LogP contribution is -2.27. The van der Waals surface area contributed by atoms with Crippen LogP contribution in [0.5, 0.6) is 11.5 Å². The second kappa shape index (κ2) is 12.9. The highest BCUT2D eigenvalue weighted by molar-refractivity contribution is 7.95. The second-order valence-electron chi connectivity index (χ2n) is 10.9. The Balaban J connectivity index is 1.92. The molecule has 0 radical (unpaired) electrons. The number of hydrogen-bond acceptors (Lipinski definition) is 7. The van der Waals surface area contributed by atoms with Gasteiger partial charge in [0.2, 0.25) is 0 Å². The van der Waals surface area contributed by atoms with Crippen LogP contribution in [-0.2, 0) is 32.1 Å². The number of benzene rings is 2. The van der Waals surface area contributed by atoms with Gasteiger partial charge in [0.15, 0.2) is 11.5 Å². The fraction of sp³-hybridized carbons (Fsp3) is 0.500. The maximum absolute atomic E-state index is 12.3. The Morgan fingerprint density at radius 3 is 2.22 bits per heavy atom. The van der Waals surface area contributed by atoms with Crippen LogP contribution in [0.1, 0.15) is 58.2 Å². The third-order valence-electron chi connectivity index (χ3n) is 5.53. The number of methoxy groups -OCH3 is 1. The lowest BCUT2D eigenvalue weighted by Gasteiger charge is -2.22. The van der Waals surface area contributed by atoms with Crippen molar-refractivity contribution in [3.8, 4) is 11.5 Å². The van der Waals surface area contributed by atoms with Gasteiger partial charge in [0.1, 0.15) is 0 Å². The van der Waals surface area contributed by atoms with E-state index < -0.39 is 11.5 Å². The molecule has 0 saturated carbocycles. The van der Waals surface area contributed by atoms with Crippen LogP contribution in [0.4, 0.5) is 4.79 Å². The lowest BCUT2D eigenvalue weighted by molar-refractivity contribution is -0.154. The molecule has 0 aliphatic heterocycles. The van der Waals surface area contributed by atoms with Crippen LogP contribution in [0.15, 0.2) is 42.5 Å². The number of phenols is 1. The van der Waals surface area contributed by atoms with Crippen molar-refractivity contribution in [1.82, 2.24) is 5.32 Å². The number of esters is 1. The normalized spacial score (nSPS) is 12.5. The summed E-state index contributed by atoms with van der Waals surface area (Å²) in [5, 5.41) is 12.4. The molecular weight excluding hydrogens is 478 g/mol. The molecule has 2 N–H and O–H groups in total. The second-order valence-corrected chi connectivity index (χ2v) is 11.6. The molecule has 0 aliphatic rings. The van der Waals surface area contributed by atoms with Gasteiger partial charge in [-0.05, 0) is 61.4 Å². The third-order valence-corrected chi connectivity index (χ3v) is 6.40. The molecule has 1 amide bonds. The standard InChI is InChI=1S/C28H39NO6S/c1-27(2,3)22-11-8-19(9-12-22)14-21(17-34-25(31)28(4,5)6)18-36-35-26(32)29-16-20-10-13-23(30)24(15-20)33-7/h8-13,15,21,30H,14,16-18H2,1-7H3,(H,29,32). The van der Waals surface area contributed by atoms with Gasteiger partial charge in [-0.15, -0.1) is 0 Å². The van der Waals surface area contributed by atoms with E-state index in [1.807, 2.05) is 20.8 Å². The van der Waals surface area contributed by atoms with Gasteiger partial charge in [-0.1, -0.05) is 51.1 Å². The van der Waals surface area contributed by atoms with Crippen LogP contribution in [-0.4, -0.2) is 36.6 Å². The molecule has 2 aromatic rings. The van der Waals surface area contributed by atoms with Crippen molar-refractivity contribution in [1.29, 1.82) is 0 Å². The minimum atomic E-state index is -0.584. The number of hydrogen-bond donors (Lipinski definition) is 2. The highest BCUT2D eigenvalue weighted by Crippen LogP contribution is 2.27. The monoisotopic (exact) mass is 517 g/mol. The molecular formula is C28H39NO6S. The smallest absolute Gasteiger partial charge is 0.419 e. The van der Waals surface area contributed by atoms with Gasteiger partial charge in [0.25, 0.3) is 0 Å². The number of carbonyl (C=O) groups excluding carboxylic acids is 2. The third kappa shape index (κ3) is 9.64. The Morgan fingerprint density at radius 2 is 1.64 bits per heavy atom. The van der Waals surface area contributed by atoms with Crippen molar-refractivity contribution in [2.45, 2.75) is 59.9 Å². The van der Waals surface area contributed by atoms with E-state index in [-0.39, 0.29) is 36.2 Å². The first-order valence-electron chi connectivity index (χ1n) is 12.0. The maximum atomic E-state index is 12.3. The molecule has 36 heavy (non-hydrogen) atoms. The summed E-state index contributed by atoms with van der Waals surface area (Å²) in [6.07, 6.45) is 0.111. The molecule has 1 atom stereocenters. The zero-order valence-electron chi connectivity index (χ0n) is 22.3. The minimum Gasteiger partial charge on any atom is -0.504 e. The molecule has 8 heteroatoms. The summed E-state index contributed by atoms with van der Waals surface area (Å²) in [6, 6.07) is 13.3. The number of aromatic hydroxyl groups is 1. The van der Waals surface area contributed by atoms with Gasteiger partial charge in [0.05, 0.1) is 31.2 Å². The highest BCUT2D eigenvalue weighted by atomic mass is 32.2. The average molecular weight is 518 g/mol. The predicted octanol–water partition coefficient (Wildman–Crippen LogP) is 6.02. The van der Waals surface area contributed by atoms with E-state index in [0.717, 1.165) is 23.2 Å². The number of ether oxygens (including phenoxy) is 2. The van der Waals surface area contributed by atoms with Crippen molar-refractivity contribution < 1.29 is 28.4 Å². The zero-order chi connectivity index (χ0) is 26.9. The van der Waals surface area contributed by atoms with Gasteiger partial charge in [-0.3, -0.25) is 4.79 Å². The number of carbonyl (C=O) groups is 2. The number of rotatable bonds is 10. The van der Waals surface area contributed by atoms with Crippen LogP contribution in [0.25, 0.3) is 0 Å². The molecule has 1 unspecified atom stereocenters. The Hall–Kier alpha value is -2.87. The summed E-state index contributed by atoms with van der Waals surface area (Å²) < 4.78 is 16.0. The van der Waals surface area contributed by atoms with Crippen LogP contribution < -0.4 is 10.1 Å². The SMILES string of the molecule is COc1cc(CNC(=O)OSCC(COC(=O)C(C)(C)C)Cc2ccc(C(C)(C)C)cc2)ccc1O. The first kappa shape index (κ1) is 29.4. The summed E-state index contributed by atoms with van der Waals surface area (Å²) in [5.41, 5.74) is 2.63. The van der Waals surface area contributed by atoms with Gasteiger partial charge in [-0.25, -0.2) is 4.79 Å². The summed E-state index contributed by atoms with van der Waals surface area (Å²) in [7, 11) is 1.46. The highest BCUT2D eigenvalue weighted by Gasteiger charge is 2.25. The topological polar surface area (TPSA) is 94.1 Å².